The second-order valence-corrected chi connectivity index (χ2v) is 6.32. The van der Waals surface area contributed by atoms with Crippen molar-refractivity contribution in [3.05, 3.63) is 54.6 Å². The molecule has 8 heteroatoms. The third-order valence-electron chi connectivity index (χ3n) is 4.59. The van der Waals surface area contributed by atoms with Crippen LogP contribution >= 0.6 is 0 Å². The first-order valence-corrected chi connectivity index (χ1v) is 9.39. The van der Waals surface area contributed by atoms with Gasteiger partial charge in [-0.25, -0.2) is 4.68 Å². The highest BCUT2D eigenvalue weighted by Gasteiger charge is 2.12. The van der Waals surface area contributed by atoms with E-state index in [0.717, 1.165) is 37.6 Å². The van der Waals surface area contributed by atoms with Crippen LogP contribution in [0.15, 0.2) is 48.9 Å². The highest BCUT2D eigenvalue weighted by Crippen LogP contribution is 2.15. The van der Waals surface area contributed by atoms with E-state index >= 15 is 0 Å². The molecule has 0 saturated heterocycles. The molecule has 0 spiro atoms. The van der Waals surface area contributed by atoms with Gasteiger partial charge in [0.15, 0.2) is 5.69 Å². The predicted octanol–water partition coefficient (Wildman–Crippen LogP) is 2.67. The van der Waals surface area contributed by atoms with Gasteiger partial charge in [0.25, 0.3) is 5.91 Å². The number of amides is 1. The molecule has 0 aliphatic rings. The second kappa shape index (κ2) is 9.18. The molecular weight excluding hydrogens is 356 g/mol. The van der Waals surface area contributed by atoms with Crippen molar-refractivity contribution in [2.45, 2.75) is 20.4 Å². The summed E-state index contributed by atoms with van der Waals surface area (Å²) in [7, 11) is 1.62. The average molecular weight is 382 g/mol. The number of carbonyl (C=O) groups is 1. The molecule has 0 bridgehead atoms. The number of methoxy groups -OCH3 is 1. The van der Waals surface area contributed by atoms with Gasteiger partial charge in [0.05, 0.1) is 31.2 Å². The monoisotopic (exact) mass is 382 g/mol. The van der Waals surface area contributed by atoms with Gasteiger partial charge in [0, 0.05) is 18.9 Å². The standard InChI is InChI=1S/C20H26N6O2/c1-4-24(5-2)12-13-25-15-16(14-21-25)22-20(27)19-10-11-26(23-19)17-6-8-18(28-3)9-7-17/h6-11,14-15H,4-5,12-13H2,1-3H3,(H,22,27). The average Bonchev–Trinajstić information content (AvgIpc) is 3.39. The molecule has 0 aliphatic heterocycles. The third kappa shape index (κ3) is 4.77. The van der Waals surface area contributed by atoms with Crippen molar-refractivity contribution in [1.82, 2.24) is 24.5 Å². The molecule has 3 aromatic rings. The lowest BCUT2D eigenvalue weighted by Crippen LogP contribution is -2.27. The number of hydrogen-bond acceptors (Lipinski definition) is 5. The first-order valence-electron chi connectivity index (χ1n) is 9.39. The Morgan fingerprint density at radius 2 is 1.93 bits per heavy atom. The Balaban J connectivity index is 1.60. The molecule has 2 aromatic heterocycles. The van der Waals surface area contributed by atoms with Crippen LogP contribution in [0.2, 0.25) is 0 Å². The lowest BCUT2D eigenvalue weighted by atomic mass is 10.3. The van der Waals surface area contributed by atoms with Crippen molar-refractivity contribution < 1.29 is 9.53 Å². The number of likely N-dealkylation sites (N-methyl/N-ethyl adjacent to an activating group) is 1. The molecule has 0 unspecified atom stereocenters. The van der Waals surface area contributed by atoms with Crippen LogP contribution in [-0.4, -0.2) is 57.1 Å². The Hall–Kier alpha value is -3.13. The lowest BCUT2D eigenvalue weighted by molar-refractivity contribution is 0.102. The van der Waals surface area contributed by atoms with Crippen LogP contribution in [0.3, 0.4) is 0 Å². The number of ether oxygens (including phenoxy) is 1. The zero-order valence-corrected chi connectivity index (χ0v) is 16.5. The van der Waals surface area contributed by atoms with Crippen LogP contribution in [0.4, 0.5) is 5.69 Å². The van der Waals surface area contributed by atoms with Crippen LogP contribution in [0.25, 0.3) is 5.69 Å². The molecule has 2 heterocycles. The molecule has 0 aliphatic carbocycles. The van der Waals surface area contributed by atoms with Crippen molar-refractivity contribution >= 4 is 11.6 Å². The Morgan fingerprint density at radius 1 is 1.18 bits per heavy atom. The summed E-state index contributed by atoms with van der Waals surface area (Å²) < 4.78 is 8.65. The minimum atomic E-state index is -0.268. The van der Waals surface area contributed by atoms with E-state index in [2.05, 4.69) is 34.3 Å². The number of carbonyl (C=O) groups excluding carboxylic acids is 1. The number of aromatic nitrogens is 4. The number of rotatable bonds is 9. The summed E-state index contributed by atoms with van der Waals surface area (Å²) in [6, 6.07) is 9.15. The highest BCUT2D eigenvalue weighted by atomic mass is 16.5. The van der Waals surface area contributed by atoms with Gasteiger partial charge in [0.2, 0.25) is 0 Å². The van der Waals surface area contributed by atoms with E-state index in [1.165, 1.54) is 0 Å². The van der Waals surface area contributed by atoms with Gasteiger partial charge in [0.1, 0.15) is 5.75 Å². The number of nitrogens with one attached hydrogen (secondary N) is 1. The summed E-state index contributed by atoms with van der Waals surface area (Å²) in [4.78, 5) is 14.8. The Morgan fingerprint density at radius 3 is 2.61 bits per heavy atom. The molecule has 3 rings (SSSR count). The molecule has 28 heavy (non-hydrogen) atoms. The maximum atomic E-state index is 12.5. The predicted molar refractivity (Wildman–Crippen MR) is 108 cm³/mol. The first kappa shape index (κ1) is 19.6. The minimum absolute atomic E-state index is 0.268. The maximum absolute atomic E-state index is 12.5. The fourth-order valence-corrected chi connectivity index (χ4v) is 2.85. The molecule has 0 saturated carbocycles. The van der Waals surface area contributed by atoms with E-state index in [1.807, 2.05) is 35.1 Å². The van der Waals surface area contributed by atoms with Gasteiger partial charge < -0.3 is 15.0 Å². The summed E-state index contributed by atoms with van der Waals surface area (Å²) in [6.45, 7) is 8.01. The van der Waals surface area contributed by atoms with Crippen LogP contribution in [0.1, 0.15) is 24.3 Å². The molecule has 0 fully saturated rings. The van der Waals surface area contributed by atoms with Gasteiger partial charge in [-0.1, -0.05) is 13.8 Å². The van der Waals surface area contributed by atoms with Crippen LogP contribution in [0.5, 0.6) is 5.75 Å². The molecule has 8 nitrogen and oxygen atoms in total. The number of hydrogen-bond donors (Lipinski definition) is 1. The summed E-state index contributed by atoms with van der Waals surface area (Å²) in [5.41, 5.74) is 1.85. The van der Waals surface area contributed by atoms with Gasteiger partial charge >= 0.3 is 0 Å². The molecule has 1 aromatic carbocycles. The fraction of sp³-hybridized carbons (Fsp3) is 0.350. The van der Waals surface area contributed by atoms with Gasteiger partial charge in [-0.3, -0.25) is 9.48 Å². The summed E-state index contributed by atoms with van der Waals surface area (Å²) in [6.07, 6.45) is 5.24. The maximum Gasteiger partial charge on any atom is 0.276 e. The Bertz CT molecular complexity index is 896. The normalized spacial score (nSPS) is 11.0. The van der Waals surface area contributed by atoms with Gasteiger partial charge in [-0.05, 0) is 43.4 Å². The number of anilines is 1. The fourth-order valence-electron chi connectivity index (χ4n) is 2.85. The number of benzene rings is 1. The second-order valence-electron chi connectivity index (χ2n) is 6.32. The van der Waals surface area contributed by atoms with Crippen molar-refractivity contribution in [2.75, 3.05) is 32.1 Å². The Kier molecular flexibility index (Phi) is 6.44. The topological polar surface area (TPSA) is 77.2 Å². The zero-order valence-electron chi connectivity index (χ0n) is 16.5. The number of nitrogens with zero attached hydrogens (tertiary/aromatic N) is 5. The van der Waals surface area contributed by atoms with E-state index in [0.29, 0.717) is 11.4 Å². The van der Waals surface area contributed by atoms with Crippen LogP contribution in [-0.2, 0) is 6.54 Å². The summed E-state index contributed by atoms with van der Waals surface area (Å²) >= 11 is 0. The molecule has 1 amide bonds. The van der Waals surface area contributed by atoms with E-state index in [-0.39, 0.29) is 5.91 Å². The van der Waals surface area contributed by atoms with E-state index < -0.39 is 0 Å². The molecular formula is C20H26N6O2. The smallest absolute Gasteiger partial charge is 0.276 e. The third-order valence-corrected chi connectivity index (χ3v) is 4.59. The molecule has 1 N–H and O–H groups in total. The van der Waals surface area contributed by atoms with E-state index in [4.69, 9.17) is 4.74 Å². The molecule has 0 radical (unpaired) electrons. The lowest BCUT2D eigenvalue weighted by Gasteiger charge is -2.17. The minimum Gasteiger partial charge on any atom is -0.497 e. The van der Waals surface area contributed by atoms with E-state index in [9.17, 15) is 4.79 Å². The largest absolute Gasteiger partial charge is 0.497 e. The van der Waals surface area contributed by atoms with Crippen molar-refractivity contribution in [3.8, 4) is 11.4 Å². The summed E-state index contributed by atoms with van der Waals surface area (Å²) in [5, 5.41) is 11.5. The van der Waals surface area contributed by atoms with Gasteiger partial charge in [-0.15, -0.1) is 0 Å². The molecule has 0 atom stereocenters. The van der Waals surface area contributed by atoms with Crippen LogP contribution in [0, 0.1) is 0 Å². The Labute approximate surface area is 164 Å². The van der Waals surface area contributed by atoms with Crippen molar-refractivity contribution in [1.29, 1.82) is 0 Å². The quantitative estimate of drug-likeness (QED) is 0.616. The van der Waals surface area contributed by atoms with Crippen molar-refractivity contribution in [3.63, 3.8) is 0 Å². The van der Waals surface area contributed by atoms with Crippen molar-refractivity contribution in [2.24, 2.45) is 0 Å². The zero-order chi connectivity index (χ0) is 19.9. The highest BCUT2D eigenvalue weighted by molar-refractivity contribution is 6.02. The summed E-state index contributed by atoms with van der Waals surface area (Å²) in [5.74, 6) is 0.502. The SMILES string of the molecule is CCN(CC)CCn1cc(NC(=O)c2ccn(-c3ccc(OC)cc3)n2)cn1. The van der Waals surface area contributed by atoms with E-state index in [1.54, 1.807) is 30.3 Å². The first-order chi connectivity index (χ1) is 13.6. The van der Waals surface area contributed by atoms with Gasteiger partial charge in [-0.2, -0.15) is 10.2 Å². The van der Waals surface area contributed by atoms with Crippen LogP contribution < -0.4 is 10.1 Å². The molecule has 148 valence electrons.